The number of likely N-dealkylation sites (tertiary alicyclic amines) is 1. The molecule has 1 aliphatic carbocycles. The van der Waals surface area contributed by atoms with E-state index in [1.54, 1.807) is 0 Å². The summed E-state index contributed by atoms with van der Waals surface area (Å²) in [5, 5.41) is 11.8. The Hall–Kier alpha value is -1.10. The molecule has 108 valence electrons. The van der Waals surface area contributed by atoms with E-state index in [2.05, 4.69) is 31.0 Å². The third kappa shape index (κ3) is 3.47. The summed E-state index contributed by atoms with van der Waals surface area (Å²) in [7, 11) is 0. The van der Waals surface area contributed by atoms with Crippen LogP contribution in [0.3, 0.4) is 0 Å². The summed E-state index contributed by atoms with van der Waals surface area (Å²) in [5.41, 5.74) is 0.180. The molecule has 2 aliphatic rings. The second-order valence-electron chi connectivity index (χ2n) is 6.73. The molecule has 5 heteroatoms. The number of carboxylic acid groups (broad SMARTS) is 1. The number of carbonyl (C=O) groups is 2. The van der Waals surface area contributed by atoms with Crippen molar-refractivity contribution < 1.29 is 14.7 Å². The lowest BCUT2D eigenvalue weighted by Crippen LogP contribution is -2.51. The van der Waals surface area contributed by atoms with Crippen molar-refractivity contribution >= 4 is 11.9 Å². The summed E-state index contributed by atoms with van der Waals surface area (Å²) in [6.07, 6.45) is 2.41. The number of aliphatic carboxylic acids is 1. The van der Waals surface area contributed by atoms with Crippen molar-refractivity contribution in [2.75, 3.05) is 13.1 Å². The summed E-state index contributed by atoms with van der Waals surface area (Å²) in [6, 6.07) is 0.209. The number of amides is 1. The van der Waals surface area contributed by atoms with E-state index in [9.17, 15) is 9.59 Å². The fourth-order valence-corrected chi connectivity index (χ4v) is 2.76. The van der Waals surface area contributed by atoms with Gasteiger partial charge in [-0.05, 0) is 40.0 Å². The van der Waals surface area contributed by atoms with Gasteiger partial charge in [-0.2, -0.15) is 0 Å². The Bertz CT molecular complexity index is 367. The Morgan fingerprint density at radius 1 is 1.16 bits per heavy atom. The van der Waals surface area contributed by atoms with Gasteiger partial charge >= 0.3 is 5.97 Å². The van der Waals surface area contributed by atoms with Gasteiger partial charge in [0.1, 0.15) is 0 Å². The molecule has 1 saturated carbocycles. The van der Waals surface area contributed by atoms with Crippen molar-refractivity contribution in [3.63, 3.8) is 0 Å². The molecule has 0 spiro atoms. The van der Waals surface area contributed by atoms with Crippen LogP contribution in [-0.4, -0.2) is 46.6 Å². The number of carboxylic acids is 1. The maximum Gasteiger partial charge on any atom is 0.307 e. The molecule has 1 aliphatic heterocycles. The Labute approximate surface area is 114 Å². The number of hydrogen-bond donors (Lipinski definition) is 2. The highest BCUT2D eigenvalue weighted by Gasteiger charge is 2.48. The lowest BCUT2D eigenvalue weighted by Gasteiger charge is -2.41. The molecule has 2 rings (SSSR count). The molecule has 0 radical (unpaired) electrons. The highest BCUT2D eigenvalue weighted by atomic mass is 16.4. The SMILES string of the molecule is CC(C)(C)N1CCC(NC(=O)[C@@H]2C[C@@H]2C(=O)O)CC1. The molecule has 1 heterocycles. The summed E-state index contributed by atoms with van der Waals surface area (Å²) in [4.78, 5) is 25.0. The molecular weight excluding hydrogens is 244 g/mol. The molecule has 2 N–H and O–H groups in total. The maximum atomic E-state index is 11.9. The van der Waals surface area contributed by atoms with E-state index >= 15 is 0 Å². The minimum atomic E-state index is -0.845. The highest BCUT2D eigenvalue weighted by Crippen LogP contribution is 2.38. The average molecular weight is 268 g/mol. The van der Waals surface area contributed by atoms with Gasteiger partial charge in [-0.15, -0.1) is 0 Å². The molecule has 0 aromatic carbocycles. The van der Waals surface area contributed by atoms with Crippen molar-refractivity contribution in [2.24, 2.45) is 11.8 Å². The first-order valence-electron chi connectivity index (χ1n) is 7.07. The van der Waals surface area contributed by atoms with E-state index in [0.29, 0.717) is 6.42 Å². The summed E-state index contributed by atoms with van der Waals surface area (Å²) < 4.78 is 0. The third-order valence-electron chi connectivity index (χ3n) is 4.23. The second kappa shape index (κ2) is 5.12. The molecule has 0 aromatic heterocycles. The Kier molecular flexibility index (Phi) is 3.85. The number of rotatable bonds is 3. The first-order chi connectivity index (χ1) is 8.79. The average Bonchev–Trinajstić information content (AvgIpc) is 3.08. The van der Waals surface area contributed by atoms with Crippen LogP contribution in [0.5, 0.6) is 0 Å². The number of hydrogen-bond acceptors (Lipinski definition) is 3. The zero-order valence-electron chi connectivity index (χ0n) is 12.0. The van der Waals surface area contributed by atoms with Crippen molar-refractivity contribution in [1.29, 1.82) is 0 Å². The van der Waals surface area contributed by atoms with Gasteiger partial charge in [0, 0.05) is 24.7 Å². The van der Waals surface area contributed by atoms with Crippen molar-refractivity contribution in [3.05, 3.63) is 0 Å². The van der Waals surface area contributed by atoms with Crippen molar-refractivity contribution in [3.8, 4) is 0 Å². The highest BCUT2D eigenvalue weighted by molar-refractivity contribution is 5.89. The van der Waals surface area contributed by atoms with E-state index in [-0.39, 0.29) is 23.4 Å². The van der Waals surface area contributed by atoms with E-state index in [1.165, 1.54) is 0 Å². The summed E-state index contributed by atoms with van der Waals surface area (Å²) in [6.45, 7) is 8.58. The minimum absolute atomic E-state index is 0.0680. The van der Waals surface area contributed by atoms with Gasteiger partial charge in [0.25, 0.3) is 0 Å². The first-order valence-corrected chi connectivity index (χ1v) is 7.07. The number of nitrogens with zero attached hydrogens (tertiary/aromatic N) is 1. The summed E-state index contributed by atoms with van der Waals surface area (Å²) >= 11 is 0. The van der Waals surface area contributed by atoms with Gasteiger partial charge in [-0.25, -0.2) is 0 Å². The predicted octanol–water partition coefficient (Wildman–Crippen LogP) is 1.09. The molecule has 0 bridgehead atoms. The lowest BCUT2D eigenvalue weighted by molar-refractivity contribution is -0.140. The molecule has 0 aromatic rings. The van der Waals surface area contributed by atoms with Crippen molar-refractivity contribution in [2.45, 2.75) is 51.6 Å². The van der Waals surface area contributed by atoms with Gasteiger partial charge in [0.2, 0.25) is 5.91 Å². The molecule has 1 amide bonds. The smallest absolute Gasteiger partial charge is 0.307 e. The molecule has 2 atom stereocenters. The van der Waals surface area contributed by atoms with Gasteiger partial charge in [-0.1, -0.05) is 0 Å². The largest absolute Gasteiger partial charge is 0.481 e. The first kappa shape index (κ1) is 14.3. The van der Waals surface area contributed by atoms with E-state index in [0.717, 1.165) is 25.9 Å². The van der Waals surface area contributed by atoms with Crippen LogP contribution in [0, 0.1) is 11.8 Å². The normalized spacial score (nSPS) is 29.0. The quantitative estimate of drug-likeness (QED) is 0.804. The number of nitrogens with one attached hydrogen (secondary N) is 1. The van der Waals surface area contributed by atoms with Gasteiger partial charge in [0.05, 0.1) is 11.8 Å². The Morgan fingerprint density at radius 2 is 1.74 bits per heavy atom. The Balaban J connectivity index is 1.75. The fourth-order valence-electron chi connectivity index (χ4n) is 2.76. The van der Waals surface area contributed by atoms with E-state index in [4.69, 9.17) is 5.11 Å². The third-order valence-corrected chi connectivity index (χ3v) is 4.23. The molecule has 0 unspecified atom stereocenters. The van der Waals surface area contributed by atoms with Crippen LogP contribution in [0.1, 0.15) is 40.0 Å². The van der Waals surface area contributed by atoms with E-state index < -0.39 is 11.9 Å². The lowest BCUT2D eigenvalue weighted by atomic mass is 9.98. The predicted molar refractivity (Wildman–Crippen MR) is 71.7 cm³/mol. The second-order valence-corrected chi connectivity index (χ2v) is 6.73. The molecule has 19 heavy (non-hydrogen) atoms. The number of piperidine rings is 1. The topological polar surface area (TPSA) is 69.6 Å². The van der Waals surface area contributed by atoms with Gasteiger partial charge in [0.15, 0.2) is 0 Å². The fraction of sp³-hybridized carbons (Fsp3) is 0.857. The van der Waals surface area contributed by atoms with Gasteiger partial charge < -0.3 is 10.4 Å². The van der Waals surface area contributed by atoms with Gasteiger partial charge in [-0.3, -0.25) is 14.5 Å². The van der Waals surface area contributed by atoms with Crippen LogP contribution in [-0.2, 0) is 9.59 Å². The standard InChI is InChI=1S/C14H24N2O3/c1-14(2,3)16-6-4-9(5-7-16)15-12(17)10-8-11(10)13(18)19/h9-11H,4-8H2,1-3H3,(H,15,17)(H,18,19)/t10-,11+/m1/s1. The zero-order valence-corrected chi connectivity index (χ0v) is 12.0. The van der Waals surface area contributed by atoms with Crippen LogP contribution < -0.4 is 5.32 Å². The molecule has 1 saturated heterocycles. The van der Waals surface area contributed by atoms with Crippen LogP contribution in [0.25, 0.3) is 0 Å². The molecular formula is C14H24N2O3. The van der Waals surface area contributed by atoms with Crippen LogP contribution >= 0.6 is 0 Å². The Morgan fingerprint density at radius 3 is 2.16 bits per heavy atom. The van der Waals surface area contributed by atoms with Crippen LogP contribution in [0.2, 0.25) is 0 Å². The maximum absolute atomic E-state index is 11.9. The minimum Gasteiger partial charge on any atom is -0.481 e. The monoisotopic (exact) mass is 268 g/mol. The molecule has 2 fully saturated rings. The van der Waals surface area contributed by atoms with E-state index in [1.807, 2.05) is 0 Å². The van der Waals surface area contributed by atoms with Crippen LogP contribution in [0.4, 0.5) is 0 Å². The summed E-state index contributed by atoms with van der Waals surface area (Å²) in [5.74, 6) is -1.66. The number of carbonyl (C=O) groups excluding carboxylic acids is 1. The van der Waals surface area contributed by atoms with Crippen LogP contribution in [0.15, 0.2) is 0 Å². The van der Waals surface area contributed by atoms with Crippen molar-refractivity contribution in [1.82, 2.24) is 10.2 Å². The zero-order chi connectivity index (χ0) is 14.2. The molecule has 5 nitrogen and oxygen atoms in total.